The highest BCUT2D eigenvalue weighted by molar-refractivity contribution is 5.91. The molecule has 5 heteroatoms. The van der Waals surface area contributed by atoms with Gasteiger partial charge in [-0.2, -0.15) is 0 Å². The van der Waals surface area contributed by atoms with Gasteiger partial charge >= 0.3 is 5.97 Å². The summed E-state index contributed by atoms with van der Waals surface area (Å²) >= 11 is 0. The minimum Gasteiger partial charge on any atom is -0.478 e. The Bertz CT molecular complexity index is 472. The summed E-state index contributed by atoms with van der Waals surface area (Å²) in [7, 11) is 0. The number of hydrogen-bond acceptors (Lipinski definition) is 3. The fraction of sp³-hybridized carbons (Fsp3) is 0.385. The zero-order valence-corrected chi connectivity index (χ0v) is 9.87. The van der Waals surface area contributed by atoms with E-state index in [2.05, 4.69) is 0 Å². The van der Waals surface area contributed by atoms with Gasteiger partial charge in [-0.15, -0.1) is 0 Å². The second-order valence-electron chi connectivity index (χ2n) is 4.42. The molecule has 0 aromatic heterocycles. The Hall–Kier alpha value is -1.88. The van der Waals surface area contributed by atoms with Gasteiger partial charge in [0.05, 0.1) is 18.1 Å². The third-order valence-corrected chi connectivity index (χ3v) is 3.11. The van der Waals surface area contributed by atoms with Crippen LogP contribution >= 0.6 is 0 Å². The van der Waals surface area contributed by atoms with Crippen LogP contribution in [0.1, 0.15) is 22.3 Å². The molecule has 1 heterocycles. The third kappa shape index (κ3) is 2.68. The lowest BCUT2D eigenvalue weighted by Crippen LogP contribution is -2.31. The Morgan fingerprint density at radius 2 is 2.06 bits per heavy atom. The van der Waals surface area contributed by atoms with Crippen LogP contribution in [-0.2, 0) is 11.2 Å². The number of carboxylic acid groups (broad SMARTS) is 1. The Morgan fingerprint density at radius 3 is 2.67 bits per heavy atom. The Kier molecular flexibility index (Phi) is 3.62. The molecule has 0 saturated carbocycles. The van der Waals surface area contributed by atoms with Crippen LogP contribution < -0.4 is 0 Å². The molecule has 1 amide bonds. The van der Waals surface area contributed by atoms with Crippen molar-refractivity contribution < 1.29 is 19.8 Å². The van der Waals surface area contributed by atoms with E-state index in [1.807, 2.05) is 0 Å². The van der Waals surface area contributed by atoms with Gasteiger partial charge in [0, 0.05) is 13.1 Å². The number of β-amino-alcohol motifs (C(OH)–C–C–N with tert-alkyl or cyclic N) is 1. The van der Waals surface area contributed by atoms with Gasteiger partial charge in [-0.1, -0.05) is 18.2 Å². The molecule has 0 radical (unpaired) electrons. The van der Waals surface area contributed by atoms with E-state index in [-0.39, 0.29) is 17.9 Å². The lowest BCUT2D eigenvalue weighted by atomic mass is 10.0. The topological polar surface area (TPSA) is 77.8 Å². The summed E-state index contributed by atoms with van der Waals surface area (Å²) in [5.41, 5.74) is 0.669. The van der Waals surface area contributed by atoms with Crippen molar-refractivity contribution in [2.24, 2.45) is 0 Å². The van der Waals surface area contributed by atoms with Crippen molar-refractivity contribution in [2.45, 2.75) is 18.9 Å². The Balaban J connectivity index is 2.09. The van der Waals surface area contributed by atoms with Gasteiger partial charge < -0.3 is 15.1 Å². The van der Waals surface area contributed by atoms with Crippen LogP contribution in [0.2, 0.25) is 0 Å². The highest BCUT2D eigenvalue weighted by Crippen LogP contribution is 2.14. The summed E-state index contributed by atoms with van der Waals surface area (Å²) in [5, 5.41) is 18.4. The van der Waals surface area contributed by atoms with Gasteiger partial charge in [-0.25, -0.2) is 4.79 Å². The highest BCUT2D eigenvalue weighted by atomic mass is 16.4. The predicted molar refractivity (Wildman–Crippen MR) is 64.3 cm³/mol. The zero-order valence-electron chi connectivity index (χ0n) is 9.87. The normalized spacial score (nSPS) is 18.9. The van der Waals surface area contributed by atoms with E-state index < -0.39 is 12.1 Å². The zero-order chi connectivity index (χ0) is 13.1. The van der Waals surface area contributed by atoms with Crippen molar-refractivity contribution in [3.8, 4) is 0 Å². The smallest absolute Gasteiger partial charge is 0.335 e. The van der Waals surface area contributed by atoms with Gasteiger partial charge in [0.15, 0.2) is 0 Å². The Morgan fingerprint density at radius 1 is 1.33 bits per heavy atom. The van der Waals surface area contributed by atoms with Crippen LogP contribution in [0.25, 0.3) is 0 Å². The van der Waals surface area contributed by atoms with Crippen molar-refractivity contribution in [1.82, 2.24) is 4.90 Å². The molecule has 0 spiro atoms. The van der Waals surface area contributed by atoms with E-state index in [1.165, 1.54) is 6.07 Å². The SMILES string of the molecule is O=C(O)c1ccccc1CC(=O)N1CC[C@H](O)C1. The number of aliphatic hydroxyl groups is 1. The number of carboxylic acids is 1. The largest absolute Gasteiger partial charge is 0.478 e. The molecule has 0 unspecified atom stereocenters. The first-order chi connectivity index (χ1) is 8.58. The van der Waals surface area contributed by atoms with E-state index in [4.69, 9.17) is 5.11 Å². The number of benzene rings is 1. The monoisotopic (exact) mass is 249 g/mol. The standard InChI is InChI=1S/C13H15NO4/c15-10-5-6-14(8-10)12(16)7-9-3-1-2-4-11(9)13(17)18/h1-4,10,15H,5-8H2,(H,17,18)/t10-/m0/s1. The second-order valence-corrected chi connectivity index (χ2v) is 4.42. The van der Waals surface area contributed by atoms with Crippen LogP contribution in [0.5, 0.6) is 0 Å². The summed E-state index contributed by atoms with van der Waals surface area (Å²) < 4.78 is 0. The molecule has 1 fully saturated rings. The molecule has 1 aromatic rings. The maximum atomic E-state index is 12.0. The molecule has 0 aliphatic carbocycles. The number of hydrogen-bond donors (Lipinski definition) is 2. The number of rotatable bonds is 3. The molecule has 1 aromatic carbocycles. The van der Waals surface area contributed by atoms with E-state index in [0.717, 1.165) is 0 Å². The third-order valence-electron chi connectivity index (χ3n) is 3.11. The summed E-state index contributed by atoms with van der Waals surface area (Å²) in [6, 6.07) is 6.49. The van der Waals surface area contributed by atoms with E-state index in [0.29, 0.717) is 25.1 Å². The van der Waals surface area contributed by atoms with Crippen molar-refractivity contribution in [1.29, 1.82) is 0 Å². The maximum absolute atomic E-state index is 12.0. The van der Waals surface area contributed by atoms with Gasteiger partial charge in [-0.05, 0) is 18.1 Å². The minimum atomic E-state index is -1.03. The van der Waals surface area contributed by atoms with Crippen molar-refractivity contribution >= 4 is 11.9 Å². The van der Waals surface area contributed by atoms with Gasteiger partial charge in [0.2, 0.25) is 5.91 Å². The van der Waals surface area contributed by atoms with E-state index in [1.54, 1.807) is 23.1 Å². The quantitative estimate of drug-likeness (QED) is 0.818. The molecule has 1 aliphatic heterocycles. The molecule has 1 atom stereocenters. The summed E-state index contributed by atoms with van der Waals surface area (Å²) in [6.07, 6.45) is 0.199. The van der Waals surface area contributed by atoms with E-state index in [9.17, 15) is 14.7 Å². The Labute approximate surface area is 105 Å². The molecule has 96 valence electrons. The maximum Gasteiger partial charge on any atom is 0.335 e. The first-order valence-electron chi connectivity index (χ1n) is 5.85. The number of aromatic carboxylic acids is 1. The molecule has 5 nitrogen and oxygen atoms in total. The average molecular weight is 249 g/mol. The molecule has 1 aliphatic rings. The minimum absolute atomic E-state index is 0.0647. The van der Waals surface area contributed by atoms with Gasteiger partial charge in [-0.3, -0.25) is 4.79 Å². The van der Waals surface area contributed by atoms with Crippen molar-refractivity contribution in [3.63, 3.8) is 0 Å². The van der Waals surface area contributed by atoms with Crippen LogP contribution in [0.4, 0.5) is 0 Å². The lowest BCUT2D eigenvalue weighted by molar-refractivity contribution is -0.129. The van der Waals surface area contributed by atoms with Gasteiger partial charge in [0.1, 0.15) is 0 Å². The number of nitrogens with zero attached hydrogens (tertiary/aromatic N) is 1. The number of carbonyl (C=O) groups excluding carboxylic acids is 1. The summed E-state index contributed by atoms with van der Waals surface area (Å²) in [6.45, 7) is 0.878. The first kappa shape index (κ1) is 12.6. The van der Waals surface area contributed by atoms with Crippen LogP contribution in [0.15, 0.2) is 24.3 Å². The number of amides is 1. The number of carbonyl (C=O) groups is 2. The van der Waals surface area contributed by atoms with Crippen molar-refractivity contribution in [2.75, 3.05) is 13.1 Å². The molecule has 2 rings (SSSR count). The predicted octanol–water partition coefficient (Wildman–Crippen LogP) is 0.521. The molecular weight excluding hydrogens is 234 g/mol. The highest BCUT2D eigenvalue weighted by Gasteiger charge is 2.25. The molecule has 2 N–H and O–H groups in total. The van der Waals surface area contributed by atoms with Crippen LogP contribution in [0.3, 0.4) is 0 Å². The first-order valence-corrected chi connectivity index (χ1v) is 5.85. The van der Waals surface area contributed by atoms with Crippen LogP contribution in [-0.4, -0.2) is 46.2 Å². The molecule has 1 saturated heterocycles. The van der Waals surface area contributed by atoms with Crippen LogP contribution in [0, 0.1) is 0 Å². The van der Waals surface area contributed by atoms with Crippen molar-refractivity contribution in [3.05, 3.63) is 35.4 Å². The fourth-order valence-electron chi connectivity index (χ4n) is 2.13. The molecule has 18 heavy (non-hydrogen) atoms. The summed E-state index contributed by atoms with van der Waals surface area (Å²) in [4.78, 5) is 24.5. The van der Waals surface area contributed by atoms with E-state index >= 15 is 0 Å². The summed E-state index contributed by atoms with van der Waals surface area (Å²) in [5.74, 6) is -1.17. The molecular formula is C13H15NO4. The molecule has 0 bridgehead atoms. The second kappa shape index (κ2) is 5.18. The fourth-order valence-corrected chi connectivity index (χ4v) is 2.13. The van der Waals surface area contributed by atoms with Gasteiger partial charge in [0.25, 0.3) is 0 Å². The average Bonchev–Trinajstić information content (AvgIpc) is 2.76. The number of likely N-dealkylation sites (tertiary alicyclic amines) is 1. The lowest BCUT2D eigenvalue weighted by Gasteiger charge is -2.16. The number of aliphatic hydroxyl groups excluding tert-OH is 1.